The lowest BCUT2D eigenvalue weighted by molar-refractivity contribution is -0.134. The van der Waals surface area contributed by atoms with Gasteiger partial charge in [-0.05, 0) is 50.1 Å². The minimum Gasteiger partial charge on any atom is -0.494 e. The molecule has 1 aromatic carbocycles. The normalized spacial score (nSPS) is 17.5. The van der Waals surface area contributed by atoms with Crippen LogP contribution in [0.25, 0.3) is 0 Å². The number of hydrogen-bond donors (Lipinski definition) is 1. The fraction of sp³-hybridized carbons (Fsp3) is 0.562. The Balaban J connectivity index is 0.00000242. The molecule has 1 aliphatic heterocycles. The second-order valence-corrected chi connectivity index (χ2v) is 5.90. The molecule has 1 saturated heterocycles. The van der Waals surface area contributed by atoms with Gasteiger partial charge in [-0.3, -0.25) is 4.79 Å². The third kappa shape index (κ3) is 6.03. The van der Waals surface area contributed by atoms with Crippen LogP contribution in [0.15, 0.2) is 24.3 Å². The van der Waals surface area contributed by atoms with Crippen molar-refractivity contribution in [1.82, 2.24) is 10.2 Å². The molecular formula is C16H24Cl2N2O2. The Bertz CT molecular complexity index is 448. The lowest BCUT2D eigenvalue weighted by Crippen LogP contribution is -2.41. The van der Waals surface area contributed by atoms with E-state index in [1.807, 2.05) is 36.2 Å². The number of benzene rings is 1. The first-order chi connectivity index (χ1) is 10.2. The van der Waals surface area contributed by atoms with Gasteiger partial charge in [0.15, 0.2) is 0 Å². The van der Waals surface area contributed by atoms with Crippen molar-refractivity contribution in [3.8, 4) is 5.75 Å². The summed E-state index contributed by atoms with van der Waals surface area (Å²) in [6.07, 6.45) is 2.91. The van der Waals surface area contributed by atoms with Crippen molar-refractivity contribution in [2.24, 2.45) is 5.92 Å². The van der Waals surface area contributed by atoms with Gasteiger partial charge < -0.3 is 15.0 Å². The summed E-state index contributed by atoms with van der Waals surface area (Å²) >= 11 is 5.82. The van der Waals surface area contributed by atoms with E-state index in [1.54, 1.807) is 0 Å². The zero-order valence-electron chi connectivity index (χ0n) is 12.9. The molecule has 1 heterocycles. The summed E-state index contributed by atoms with van der Waals surface area (Å²) < 4.78 is 5.63. The Morgan fingerprint density at radius 3 is 2.77 bits per heavy atom. The maximum atomic E-state index is 12.2. The van der Waals surface area contributed by atoms with Crippen molar-refractivity contribution in [2.75, 3.05) is 33.3 Å². The molecule has 2 rings (SSSR count). The Morgan fingerprint density at radius 2 is 2.14 bits per heavy atom. The standard InChI is InChI=1S/C16H23ClN2O2.ClH/c1-19(16(20)13-4-2-9-18-12-13)10-3-11-21-15-7-5-14(17)6-8-15;/h5-8,13,18H,2-4,9-12H2,1H3;1H. The van der Waals surface area contributed by atoms with Crippen LogP contribution in [0.2, 0.25) is 5.02 Å². The first-order valence-electron chi connectivity index (χ1n) is 7.51. The number of nitrogens with zero attached hydrogens (tertiary/aromatic N) is 1. The number of nitrogens with one attached hydrogen (secondary N) is 1. The molecule has 0 saturated carbocycles. The van der Waals surface area contributed by atoms with Crippen molar-refractivity contribution >= 4 is 29.9 Å². The van der Waals surface area contributed by atoms with Gasteiger partial charge in [-0.1, -0.05) is 11.6 Å². The number of rotatable bonds is 6. The number of carbonyl (C=O) groups is 1. The largest absolute Gasteiger partial charge is 0.494 e. The Labute approximate surface area is 143 Å². The molecule has 0 aliphatic carbocycles. The van der Waals surface area contributed by atoms with E-state index in [2.05, 4.69) is 5.32 Å². The number of piperidine rings is 1. The van der Waals surface area contributed by atoms with Crippen molar-refractivity contribution in [3.63, 3.8) is 0 Å². The number of carbonyl (C=O) groups excluding carboxylic acids is 1. The fourth-order valence-corrected chi connectivity index (χ4v) is 2.63. The number of hydrogen-bond acceptors (Lipinski definition) is 3. The van der Waals surface area contributed by atoms with Crippen LogP contribution in [0, 0.1) is 5.92 Å². The van der Waals surface area contributed by atoms with Crippen LogP contribution in [0.3, 0.4) is 0 Å². The molecule has 0 spiro atoms. The Hall–Kier alpha value is -0.970. The minimum absolute atomic E-state index is 0. The van der Waals surface area contributed by atoms with E-state index < -0.39 is 0 Å². The molecule has 1 unspecified atom stereocenters. The average Bonchev–Trinajstić information content (AvgIpc) is 2.53. The van der Waals surface area contributed by atoms with Gasteiger partial charge >= 0.3 is 0 Å². The van der Waals surface area contributed by atoms with Gasteiger partial charge in [0.2, 0.25) is 5.91 Å². The van der Waals surface area contributed by atoms with Gasteiger partial charge in [0.25, 0.3) is 0 Å². The lowest BCUT2D eigenvalue weighted by Gasteiger charge is -2.27. The van der Waals surface area contributed by atoms with E-state index >= 15 is 0 Å². The Kier molecular flexibility index (Phi) is 8.61. The molecule has 1 aliphatic rings. The maximum absolute atomic E-state index is 12.2. The zero-order chi connectivity index (χ0) is 15.1. The summed E-state index contributed by atoms with van der Waals surface area (Å²) in [6.45, 7) is 3.16. The molecule has 1 N–H and O–H groups in total. The van der Waals surface area contributed by atoms with Crippen LogP contribution in [-0.4, -0.2) is 44.1 Å². The van der Waals surface area contributed by atoms with Crippen LogP contribution >= 0.6 is 24.0 Å². The summed E-state index contributed by atoms with van der Waals surface area (Å²) in [5, 5.41) is 3.98. The average molecular weight is 347 g/mol. The molecule has 0 aromatic heterocycles. The highest BCUT2D eigenvalue weighted by molar-refractivity contribution is 6.30. The van der Waals surface area contributed by atoms with Crippen LogP contribution in [0.5, 0.6) is 5.75 Å². The monoisotopic (exact) mass is 346 g/mol. The molecular weight excluding hydrogens is 323 g/mol. The molecule has 22 heavy (non-hydrogen) atoms. The smallest absolute Gasteiger partial charge is 0.226 e. The van der Waals surface area contributed by atoms with Crippen molar-refractivity contribution in [3.05, 3.63) is 29.3 Å². The van der Waals surface area contributed by atoms with Gasteiger partial charge in [0, 0.05) is 25.2 Å². The van der Waals surface area contributed by atoms with Gasteiger partial charge in [-0.2, -0.15) is 0 Å². The molecule has 1 atom stereocenters. The molecule has 1 aromatic rings. The highest BCUT2D eigenvalue weighted by atomic mass is 35.5. The van der Waals surface area contributed by atoms with Gasteiger partial charge in [0.05, 0.1) is 12.5 Å². The first kappa shape index (κ1) is 19.1. The lowest BCUT2D eigenvalue weighted by atomic mass is 9.98. The molecule has 1 amide bonds. The predicted molar refractivity (Wildman–Crippen MR) is 92.0 cm³/mol. The van der Waals surface area contributed by atoms with Crippen LogP contribution < -0.4 is 10.1 Å². The molecule has 124 valence electrons. The minimum atomic E-state index is 0. The van der Waals surface area contributed by atoms with E-state index in [0.717, 1.165) is 44.6 Å². The third-order valence-corrected chi connectivity index (χ3v) is 3.99. The van der Waals surface area contributed by atoms with Crippen LogP contribution in [-0.2, 0) is 4.79 Å². The summed E-state index contributed by atoms with van der Waals surface area (Å²) in [5.74, 6) is 1.19. The summed E-state index contributed by atoms with van der Waals surface area (Å²) in [4.78, 5) is 14.1. The van der Waals surface area contributed by atoms with Crippen molar-refractivity contribution in [1.29, 1.82) is 0 Å². The Morgan fingerprint density at radius 1 is 1.41 bits per heavy atom. The molecule has 6 heteroatoms. The highest BCUT2D eigenvalue weighted by Crippen LogP contribution is 2.16. The maximum Gasteiger partial charge on any atom is 0.226 e. The van der Waals surface area contributed by atoms with Gasteiger partial charge in [0.1, 0.15) is 5.75 Å². The van der Waals surface area contributed by atoms with Gasteiger partial charge in [-0.15, -0.1) is 12.4 Å². The summed E-state index contributed by atoms with van der Waals surface area (Å²) in [5.41, 5.74) is 0. The quantitative estimate of drug-likeness (QED) is 0.805. The highest BCUT2D eigenvalue weighted by Gasteiger charge is 2.23. The molecule has 4 nitrogen and oxygen atoms in total. The topological polar surface area (TPSA) is 41.6 Å². The number of ether oxygens (including phenoxy) is 1. The molecule has 0 bridgehead atoms. The zero-order valence-corrected chi connectivity index (χ0v) is 14.5. The first-order valence-corrected chi connectivity index (χ1v) is 7.88. The van der Waals surface area contributed by atoms with E-state index in [4.69, 9.17) is 16.3 Å². The van der Waals surface area contributed by atoms with E-state index in [1.165, 1.54) is 0 Å². The van der Waals surface area contributed by atoms with Crippen LogP contribution in [0.4, 0.5) is 0 Å². The number of amides is 1. The molecule has 1 fully saturated rings. The number of halogens is 2. The summed E-state index contributed by atoms with van der Waals surface area (Å²) in [7, 11) is 1.87. The van der Waals surface area contributed by atoms with E-state index in [9.17, 15) is 4.79 Å². The SMILES string of the molecule is CN(CCCOc1ccc(Cl)cc1)C(=O)C1CCCNC1.Cl. The fourth-order valence-electron chi connectivity index (χ4n) is 2.51. The van der Waals surface area contributed by atoms with Crippen molar-refractivity contribution < 1.29 is 9.53 Å². The van der Waals surface area contributed by atoms with E-state index in [0.29, 0.717) is 11.6 Å². The molecule has 0 radical (unpaired) electrons. The summed E-state index contributed by atoms with van der Waals surface area (Å²) in [6, 6.07) is 7.32. The predicted octanol–water partition coefficient (Wildman–Crippen LogP) is 2.99. The van der Waals surface area contributed by atoms with Gasteiger partial charge in [-0.25, -0.2) is 0 Å². The second-order valence-electron chi connectivity index (χ2n) is 5.46. The second kappa shape index (κ2) is 9.93. The van der Waals surface area contributed by atoms with Crippen molar-refractivity contribution in [2.45, 2.75) is 19.3 Å². The van der Waals surface area contributed by atoms with Crippen LogP contribution in [0.1, 0.15) is 19.3 Å². The third-order valence-electron chi connectivity index (χ3n) is 3.74. The van der Waals surface area contributed by atoms with E-state index in [-0.39, 0.29) is 24.2 Å².